The fourth-order valence-electron chi connectivity index (χ4n) is 3.32. The average molecular weight is 461 g/mol. The number of anilines is 5. The lowest BCUT2D eigenvalue weighted by Gasteiger charge is -2.19. The largest absolute Gasteiger partial charge is 0.346 e. The Morgan fingerprint density at radius 3 is 2.50 bits per heavy atom. The van der Waals surface area contributed by atoms with Crippen LogP contribution in [0.25, 0.3) is 10.9 Å². The Kier molecular flexibility index (Phi) is 6.23. The summed E-state index contributed by atoms with van der Waals surface area (Å²) in [5, 5.41) is 21.6. The van der Waals surface area contributed by atoms with E-state index in [-0.39, 0.29) is 0 Å². The van der Waals surface area contributed by atoms with Gasteiger partial charge in [0.1, 0.15) is 5.82 Å². The van der Waals surface area contributed by atoms with Gasteiger partial charge in [0.25, 0.3) is 0 Å². The third-order valence-corrected chi connectivity index (χ3v) is 5.21. The number of urea groups is 2. The molecule has 0 bridgehead atoms. The molecule has 4 rings (SSSR count). The van der Waals surface area contributed by atoms with Crippen molar-refractivity contribution in [2.24, 2.45) is 7.05 Å². The van der Waals surface area contributed by atoms with Crippen molar-refractivity contribution in [1.29, 1.82) is 0 Å². The van der Waals surface area contributed by atoms with Gasteiger partial charge in [-0.3, -0.25) is 15.2 Å². The normalized spacial score (nSPS) is 10.6. The van der Waals surface area contributed by atoms with Gasteiger partial charge >= 0.3 is 12.1 Å². The molecule has 2 heterocycles. The van der Waals surface area contributed by atoms with Gasteiger partial charge in [0.15, 0.2) is 0 Å². The van der Waals surface area contributed by atoms with Crippen molar-refractivity contribution in [3.05, 3.63) is 60.4 Å². The lowest BCUT2D eigenvalue weighted by molar-refractivity contribution is 0.162. The molecule has 0 saturated heterocycles. The van der Waals surface area contributed by atoms with Crippen LogP contribution in [-0.2, 0) is 7.05 Å². The highest BCUT2D eigenvalue weighted by atomic mass is 16.5. The quantitative estimate of drug-likeness (QED) is 0.224. The fraction of sp³-hybridized carbons (Fsp3) is 0.136. The van der Waals surface area contributed by atoms with E-state index in [1.807, 2.05) is 54.1 Å². The standard InChI is InChI=1S/C22H23N9O3/c1-13-17-9-8-16(12-18(17)28-31(13)3)30(2)19-10-11-23-20(26-19)24-14-4-6-15(7-5-14)25-21(32)27-22(33)29-34/h4-12,34H,1-3H3,(H,23,24,26)(H3,25,27,29,32,33). The van der Waals surface area contributed by atoms with Crippen molar-refractivity contribution >= 4 is 51.8 Å². The minimum Gasteiger partial charge on any atom is -0.329 e. The van der Waals surface area contributed by atoms with E-state index < -0.39 is 12.1 Å². The molecule has 0 aliphatic carbocycles. The maximum atomic E-state index is 11.6. The van der Waals surface area contributed by atoms with Crippen molar-refractivity contribution in [2.45, 2.75) is 6.92 Å². The Morgan fingerprint density at radius 2 is 1.76 bits per heavy atom. The summed E-state index contributed by atoms with van der Waals surface area (Å²) in [5.41, 5.74) is 5.42. The number of nitrogens with one attached hydrogen (secondary N) is 4. The first kappa shape index (κ1) is 22.5. The average Bonchev–Trinajstić information content (AvgIpc) is 3.12. The Balaban J connectivity index is 1.45. The zero-order valence-corrected chi connectivity index (χ0v) is 18.7. The second-order valence-electron chi connectivity index (χ2n) is 7.43. The Hall–Kier alpha value is -4.71. The molecule has 0 unspecified atom stereocenters. The molecule has 0 saturated carbocycles. The first-order valence-electron chi connectivity index (χ1n) is 10.2. The van der Waals surface area contributed by atoms with Crippen LogP contribution in [0, 0.1) is 6.92 Å². The number of hydrogen-bond donors (Lipinski definition) is 5. The van der Waals surface area contributed by atoms with Crippen LogP contribution in [-0.4, -0.2) is 44.1 Å². The highest BCUT2D eigenvalue weighted by Gasteiger charge is 2.11. The molecule has 174 valence electrons. The minimum atomic E-state index is -1.03. The van der Waals surface area contributed by atoms with Crippen LogP contribution < -0.4 is 26.3 Å². The topological polar surface area (TPSA) is 149 Å². The first-order chi connectivity index (χ1) is 16.3. The van der Waals surface area contributed by atoms with E-state index in [2.05, 4.69) is 31.8 Å². The van der Waals surface area contributed by atoms with E-state index >= 15 is 0 Å². The number of rotatable bonds is 5. The molecule has 4 amide bonds. The molecule has 4 aromatic rings. The van der Waals surface area contributed by atoms with Gasteiger partial charge in [0.05, 0.1) is 5.52 Å². The number of benzene rings is 2. The number of carbonyl (C=O) groups is 2. The zero-order chi connectivity index (χ0) is 24.2. The summed E-state index contributed by atoms with van der Waals surface area (Å²) in [4.78, 5) is 33.4. The Bertz CT molecular complexity index is 1350. The molecular weight excluding hydrogens is 438 g/mol. The maximum absolute atomic E-state index is 11.6. The summed E-state index contributed by atoms with van der Waals surface area (Å²) in [6.45, 7) is 2.04. The first-order valence-corrected chi connectivity index (χ1v) is 10.2. The van der Waals surface area contributed by atoms with E-state index in [0.717, 1.165) is 22.3 Å². The number of nitrogens with zero attached hydrogens (tertiary/aromatic N) is 5. The van der Waals surface area contributed by atoms with Crippen LogP contribution in [0.1, 0.15) is 5.69 Å². The van der Waals surface area contributed by atoms with Gasteiger partial charge in [-0.05, 0) is 55.5 Å². The summed E-state index contributed by atoms with van der Waals surface area (Å²) in [5.74, 6) is 1.10. The molecule has 0 spiro atoms. The molecule has 0 aliphatic rings. The van der Waals surface area contributed by atoms with Gasteiger partial charge in [0.2, 0.25) is 5.95 Å². The van der Waals surface area contributed by atoms with Gasteiger partial charge in [-0.15, -0.1) is 0 Å². The predicted molar refractivity (Wildman–Crippen MR) is 128 cm³/mol. The van der Waals surface area contributed by atoms with Crippen molar-refractivity contribution in [3.63, 3.8) is 0 Å². The second kappa shape index (κ2) is 9.42. The Morgan fingerprint density at radius 1 is 1.03 bits per heavy atom. The van der Waals surface area contributed by atoms with Gasteiger partial charge in [-0.2, -0.15) is 10.1 Å². The molecule has 0 atom stereocenters. The van der Waals surface area contributed by atoms with Crippen LogP contribution in [0.15, 0.2) is 54.7 Å². The minimum absolute atomic E-state index is 0.400. The number of aryl methyl sites for hydroxylation is 2. The smallest absolute Gasteiger partial charge is 0.329 e. The molecule has 5 N–H and O–H groups in total. The number of amides is 4. The summed E-state index contributed by atoms with van der Waals surface area (Å²) in [6.07, 6.45) is 1.66. The highest BCUT2D eigenvalue weighted by molar-refractivity contribution is 6.00. The monoisotopic (exact) mass is 461 g/mol. The van der Waals surface area contributed by atoms with E-state index in [0.29, 0.717) is 23.1 Å². The molecule has 2 aromatic carbocycles. The van der Waals surface area contributed by atoms with Gasteiger partial charge in [-0.1, -0.05) is 0 Å². The number of aromatic nitrogens is 4. The molecule has 12 nitrogen and oxygen atoms in total. The third-order valence-electron chi connectivity index (χ3n) is 5.21. The number of fused-ring (bicyclic) bond motifs is 1. The van der Waals surface area contributed by atoms with Gasteiger partial charge < -0.3 is 15.5 Å². The molecule has 2 aromatic heterocycles. The summed E-state index contributed by atoms with van der Waals surface area (Å²) >= 11 is 0. The lowest BCUT2D eigenvalue weighted by atomic mass is 10.2. The molecule has 34 heavy (non-hydrogen) atoms. The van der Waals surface area contributed by atoms with E-state index in [9.17, 15) is 9.59 Å². The van der Waals surface area contributed by atoms with Crippen LogP contribution >= 0.6 is 0 Å². The van der Waals surface area contributed by atoms with Crippen LogP contribution in [0.5, 0.6) is 0 Å². The SMILES string of the molecule is Cc1c2ccc(N(C)c3ccnc(Nc4ccc(NC(=O)NC(=O)NO)cc4)n3)cc2nn1C. The maximum Gasteiger partial charge on any atom is 0.346 e. The van der Waals surface area contributed by atoms with Gasteiger partial charge in [0, 0.05) is 48.4 Å². The fourth-order valence-corrected chi connectivity index (χ4v) is 3.32. The predicted octanol–water partition coefficient (Wildman–Crippen LogP) is 3.40. The number of hydroxylamine groups is 1. The third kappa shape index (κ3) is 4.86. The van der Waals surface area contributed by atoms with Crippen LogP contribution in [0.3, 0.4) is 0 Å². The van der Waals surface area contributed by atoms with Crippen molar-refractivity contribution in [3.8, 4) is 0 Å². The van der Waals surface area contributed by atoms with Crippen molar-refractivity contribution < 1.29 is 14.8 Å². The van der Waals surface area contributed by atoms with E-state index in [1.54, 1.807) is 30.5 Å². The van der Waals surface area contributed by atoms with Crippen molar-refractivity contribution in [2.75, 3.05) is 22.6 Å². The summed E-state index contributed by atoms with van der Waals surface area (Å²) in [6, 6.07) is 12.8. The van der Waals surface area contributed by atoms with Crippen molar-refractivity contribution in [1.82, 2.24) is 30.5 Å². The molecule has 12 heteroatoms. The van der Waals surface area contributed by atoms with Crippen LogP contribution in [0.2, 0.25) is 0 Å². The Labute approximate surface area is 194 Å². The molecule has 0 aliphatic heterocycles. The number of imide groups is 1. The second-order valence-corrected chi connectivity index (χ2v) is 7.43. The van der Waals surface area contributed by atoms with E-state index in [4.69, 9.17) is 5.21 Å². The summed E-state index contributed by atoms with van der Waals surface area (Å²) < 4.78 is 1.86. The number of carbonyl (C=O) groups excluding carboxylic acids is 2. The van der Waals surface area contributed by atoms with Crippen LogP contribution in [0.4, 0.5) is 38.4 Å². The molecular formula is C22H23N9O3. The zero-order valence-electron chi connectivity index (χ0n) is 18.7. The summed E-state index contributed by atoms with van der Waals surface area (Å²) in [7, 11) is 3.85. The number of hydrogen-bond acceptors (Lipinski definition) is 8. The van der Waals surface area contributed by atoms with E-state index in [1.165, 1.54) is 5.48 Å². The highest BCUT2D eigenvalue weighted by Crippen LogP contribution is 2.27. The molecule has 0 fully saturated rings. The molecule has 0 radical (unpaired) electrons. The van der Waals surface area contributed by atoms with Gasteiger partial charge in [-0.25, -0.2) is 20.1 Å². The lowest BCUT2D eigenvalue weighted by Crippen LogP contribution is -2.40.